The minimum absolute atomic E-state index is 0.423. The van der Waals surface area contributed by atoms with Crippen molar-refractivity contribution >= 4 is 22.6 Å². The van der Waals surface area contributed by atoms with Gasteiger partial charge in [0, 0.05) is 31.2 Å². The predicted molar refractivity (Wildman–Crippen MR) is 72.4 cm³/mol. The van der Waals surface area contributed by atoms with Crippen molar-refractivity contribution in [2.45, 2.75) is 0 Å². The molecule has 0 spiro atoms. The number of halogens is 1. The first-order chi connectivity index (χ1) is 8.74. The first-order valence-electron chi connectivity index (χ1n) is 5.17. The van der Waals surface area contributed by atoms with Gasteiger partial charge in [0.05, 0.1) is 3.57 Å². The summed E-state index contributed by atoms with van der Waals surface area (Å²) in [6.07, 6.45) is 5.26. The molecule has 0 atom stereocenters. The van der Waals surface area contributed by atoms with Crippen molar-refractivity contribution in [3.05, 3.63) is 34.3 Å². The third kappa shape index (κ3) is 2.01. The van der Waals surface area contributed by atoms with E-state index >= 15 is 0 Å². The van der Waals surface area contributed by atoms with Crippen LogP contribution in [0.3, 0.4) is 0 Å². The molecule has 0 aliphatic carbocycles. The Balaban J connectivity index is 2.02. The summed E-state index contributed by atoms with van der Waals surface area (Å²) in [4.78, 5) is 3.95. The average Bonchev–Trinajstić information content (AvgIpc) is 2.97. The lowest BCUT2D eigenvalue weighted by molar-refractivity contribution is 0.579. The van der Waals surface area contributed by atoms with Crippen LogP contribution >= 0.6 is 22.6 Å². The summed E-state index contributed by atoms with van der Waals surface area (Å²) in [6, 6.07) is 3.64. The molecule has 0 saturated heterocycles. The Kier molecular flexibility index (Phi) is 2.82. The Morgan fingerprint density at radius 3 is 2.56 bits per heavy atom. The number of pyridine rings is 1. The summed E-state index contributed by atoms with van der Waals surface area (Å²) in [5.74, 6) is 0.890. The summed E-state index contributed by atoms with van der Waals surface area (Å²) in [5, 5.41) is 12.3. The molecule has 0 unspecified atom stereocenters. The largest absolute Gasteiger partial charge is 0.414 e. The van der Waals surface area contributed by atoms with Crippen LogP contribution in [-0.2, 0) is 7.05 Å². The lowest BCUT2D eigenvalue weighted by Crippen LogP contribution is -1.87. The number of aromatic nitrogens is 5. The lowest BCUT2D eigenvalue weighted by atomic mass is 10.3. The van der Waals surface area contributed by atoms with Crippen molar-refractivity contribution < 1.29 is 4.42 Å². The molecule has 0 radical (unpaired) electrons. The van der Waals surface area contributed by atoms with Crippen molar-refractivity contribution in [2.24, 2.45) is 7.05 Å². The molecule has 0 amide bonds. The SMILES string of the molecule is Cn1cc(I)c(-c2nnc(-c3ccncc3)o2)n1. The molecule has 0 fully saturated rings. The van der Waals surface area contributed by atoms with E-state index in [4.69, 9.17) is 4.42 Å². The van der Waals surface area contributed by atoms with Gasteiger partial charge in [-0.1, -0.05) is 0 Å². The van der Waals surface area contributed by atoms with E-state index in [1.54, 1.807) is 17.1 Å². The molecular weight excluding hydrogens is 345 g/mol. The maximum atomic E-state index is 5.62. The normalized spacial score (nSPS) is 10.8. The molecule has 0 bridgehead atoms. The van der Waals surface area contributed by atoms with Gasteiger partial charge in [-0.25, -0.2) is 0 Å². The van der Waals surface area contributed by atoms with Gasteiger partial charge in [0.1, 0.15) is 0 Å². The van der Waals surface area contributed by atoms with Gasteiger partial charge in [-0.05, 0) is 34.7 Å². The van der Waals surface area contributed by atoms with Crippen molar-refractivity contribution in [3.63, 3.8) is 0 Å². The van der Waals surface area contributed by atoms with Crippen LogP contribution in [0.25, 0.3) is 23.0 Å². The maximum absolute atomic E-state index is 5.62. The number of hydrogen-bond donors (Lipinski definition) is 0. The van der Waals surface area contributed by atoms with Gasteiger partial charge in [-0.2, -0.15) is 5.10 Å². The van der Waals surface area contributed by atoms with Crippen molar-refractivity contribution in [1.29, 1.82) is 0 Å². The number of nitrogens with zero attached hydrogens (tertiary/aromatic N) is 5. The summed E-state index contributed by atoms with van der Waals surface area (Å²) in [5.41, 5.74) is 1.54. The summed E-state index contributed by atoms with van der Waals surface area (Å²) in [6.45, 7) is 0. The van der Waals surface area contributed by atoms with Crippen LogP contribution in [0.2, 0.25) is 0 Å². The Bertz CT molecular complexity index is 676. The molecule has 3 rings (SSSR count). The second kappa shape index (κ2) is 4.48. The van der Waals surface area contributed by atoms with E-state index < -0.39 is 0 Å². The van der Waals surface area contributed by atoms with E-state index in [0.717, 1.165) is 9.13 Å². The highest BCUT2D eigenvalue weighted by Gasteiger charge is 2.15. The van der Waals surface area contributed by atoms with Crippen LogP contribution in [0.5, 0.6) is 0 Å². The lowest BCUT2D eigenvalue weighted by Gasteiger charge is -1.91. The maximum Gasteiger partial charge on any atom is 0.269 e. The predicted octanol–water partition coefficient (Wildman–Crippen LogP) is 2.14. The van der Waals surface area contributed by atoms with E-state index in [1.807, 2.05) is 25.4 Å². The van der Waals surface area contributed by atoms with Gasteiger partial charge in [-0.3, -0.25) is 9.67 Å². The molecule has 90 valence electrons. The van der Waals surface area contributed by atoms with Crippen LogP contribution in [0.1, 0.15) is 0 Å². The van der Waals surface area contributed by atoms with E-state index in [-0.39, 0.29) is 0 Å². The van der Waals surface area contributed by atoms with E-state index in [1.165, 1.54) is 0 Å². The Morgan fingerprint density at radius 1 is 1.17 bits per heavy atom. The monoisotopic (exact) mass is 353 g/mol. The summed E-state index contributed by atoms with van der Waals surface area (Å²) >= 11 is 2.19. The zero-order chi connectivity index (χ0) is 12.5. The fraction of sp³-hybridized carbons (Fsp3) is 0.0909. The third-order valence-corrected chi connectivity index (χ3v) is 3.13. The number of hydrogen-bond acceptors (Lipinski definition) is 5. The molecule has 0 N–H and O–H groups in total. The first-order valence-corrected chi connectivity index (χ1v) is 6.25. The highest BCUT2D eigenvalue weighted by Crippen LogP contribution is 2.25. The molecule has 18 heavy (non-hydrogen) atoms. The van der Waals surface area contributed by atoms with Crippen LogP contribution in [0, 0.1) is 3.57 Å². The molecule has 0 aromatic carbocycles. The highest BCUT2D eigenvalue weighted by molar-refractivity contribution is 14.1. The van der Waals surface area contributed by atoms with E-state index in [0.29, 0.717) is 17.5 Å². The van der Waals surface area contributed by atoms with Crippen LogP contribution in [0.15, 0.2) is 35.1 Å². The van der Waals surface area contributed by atoms with Crippen LogP contribution < -0.4 is 0 Å². The molecule has 3 heterocycles. The third-order valence-electron chi connectivity index (χ3n) is 2.34. The Labute approximate surface area is 116 Å². The van der Waals surface area contributed by atoms with E-state index in [2.05, 4.69) is 42.9 Å². The van der Waals surface area contributed by atoms with Crippen molar-refractivity contribution in [2.75, 3.05) is 0 Å². The minimum atomic E-state index is 0.423. The Hall–Kier alpha value is -1.77. The molecule has 0 aliphatic heterocycles. The second-order valence-electron chi connectivity index (χ2n) is 3.65. The van der Waals surface area contributed by atoms with Gasteiger partial charge in [0.15, 0.2) is 5.69 Å². The Morgan fingerprint density at radius 2 is 1.89 bits per heavy atom. The fourth-order valence-corrected chi connectivity index (χ4v) is 2.28. The summed E-state index contributed by atoms with van der Waals surface area (Å²) in [7, 11) is 1.85. The number of rotatable bonds is 2. The van der Waals surface area contributed by atoms with Gasteiger partial charge in [-0.15, -0.1) is 10.2 Å². The molecule has 0 aliphatic rings. The van der Waals surface area contributed by atoms with Crippen LogP contribution in [0.4, 0.5) is 0 Å². The van der Waals surface area contributed by atoms with E-state index in [9.17, 15) is 0 Å². The first kappa shape index (κ1) is 11.3. The van der Waals surface area contributed by atoms with Gasteiger partial charge in [0.2, 0.25) is 5.89 Å². The number of aryl methyl sites for hydroxylation is 1. The molecule has 7 heteroatoms. The van der Waals surface area contributed by atoms with Gasteiger partial charge in [0.25, 0.3) is 5.89 Å². The fourth-order valence-electron chi connectivity index (χ4n) is 1.53. The zero-order valence-electron chi connectivity index (χ0n) is 9.41. The molecule has 3 aromatic heterocycles. The quantitative estimate of drug-likeness (QED) is 0.661. The van der Waals surface area contributed by atoms with Crippen LogP contribution in [-0.4, -0.2) is 25.0 Å². The van der Waals surface area contributed by atoms with Crippen molar-refractivity contribution in [3.8, 4) is 23.0 Å². The minimum Gasteiger partial charge on any atom is -0.414 e. The van der Waals surface area contributed by atoms with Gasteiger partial charge < -0.3 is 4.42 Å². The van der Waals surface area contributed by atoms with Gasteiger partial charge >= 0.3 is 0 Å². The topological polar surface area (TPSA) is 69.6 Å². The van der Waals surface area contributed by atoms with Crippen molar-refractivity contribution in [1.82, 2.24) is 25.0 Å². The highest BCUT2D eigenvalue weighted by atomic mass is 127. The standard InChI is InChI=1S/C11H8IN5O/c1-17-6-8(12)9(16-17)11-15-14-10(18-11)7-2-4-13-5-3-7/h2-6H,1H3. The molecule has 3 aromatic rings. The second-order valence-corrected chi connectivity index (χ2v) is 4.81. The zero-order valence-corrected chi connectivity index (χ0v) is 11.6. The summed E-state index contributed by atoms with van der Waals surface area (Å²) < 4.78 is 8.31. The smallest absolute Gasteiger partial charge is 0.269 e. The molecular formula is C11H8IN5O. The molecule has 0 saturated carbocycles. The molecule has 6 nitrogen and oxygen atoms in total. The average molecular weight is 353 g/mol.